The lowest BCUT2D eigenvalue weighted by Gasteiger charge is -2.10. The van der Waals surface area contributed by atoms with E-state index in [0.717, 1.165) is 23.5 Å². The summed E-state index contributed by atoms with van der Waals surface area (Å²) in [5, 5.41) is 11.4. The first kappa shape index (κ1) is 12.9. The van der Waals surface area contributed by atoms with Gasteiger partial charge in [-0.25, -0.2) is 4.39 Å². The van der Waals surface area contributed by atoms with E-state index in [1.807, 2.05) is 6.92 Å². The molecule has 0 aromatic heterocycles. The third-order valence-corrected chi connectivity index (χ3v) is 3.01. The smallest absolute Gasteiger partial charge is 0.311 e. The molecule has 0 aliphatic heterocycles. The Balaban J connectivity index is 2.84. The van der Waals surface area contributed by atoms with Gasteiger partial charge in [0.2, 0.25) is 0 Å². The monoisotopic (exact) mass is 291 g/mol. The van der Waals surface area contributed by atoms with Crippen LogP contribution in [0.5, 0.6) is 5.75 Å². The predicted octanol–water partition coefficient (Wildman–Crippen LogP) is 3.14. The van der Waals surface area contributed by atoms with Crippen LogP contribution in [0.25, 0.3) is 0 Å². The van der Waals surface area contributed by atoms with Gasteiger partial charge in [-0.3, -0.25) is 10.1 Å². The van der Waals surface area contributed by atoms with Crippen LogP contribution in [0.15, 0.2) is 18.2 Å². The van der Waals surface area contributed by atoms with E-state index in [-0.39, 0.29) is 17.4 Å². The fraction of sp³-hybridized carbons (Fsp3) is 0.400. The molecular formula is C10H11BrFNO3. The lowest BCUT2D eigenvalue weighted by Crippen LogP contribution is -2.10. The van der Waals surface area contributed by atoms with Crippen LogP contribution in [0, 0.1) is 21.8 Å². The maximum Gasteiger partial charge on any atom is 0.311 e. The van der Waals surface area contributed by atoms with E-state index in [9.17, 15) is 14.5 Å². The highest BCUT2D eigenvalue weighted by Crippen LogP contribution is 2.27. The molecule has 1 aromatic rings. The first-order valence-corrected chi connectivity index (χ1v) is 5.79. The van der Waals surface area contributed by atoms with Crippen molar-refractivity contribution in [3.63, 3.8) is 0 Å². The molecule has 0 heterocycles. The molecule has 0 N–H and O–H groups in total. The van der Waals surface area contributed by atoms with Crippen molar-refractivity contribution in [2.24, 2.45) is 5.92 Å². The van der Waals surface area contributed by atoms with E-state index in [1.165, 1.54) is 0 Å². The molecular weight excluding hydrogens is 281 g/mol. The van der Waals surface area contributed by atoms with Crippen molar-refractivity contribution in [2.75, 3.05) is 11.9 Å². The number of hydrogen-bond donors (Lipinski definition) is 0. The molecule has 1 atom stereocenters. The summed E-state index contributed by atoms with van der Waals surface area (Å²) in [4.78, 5) is 10.1. The number of benzene rings is 1. The summed E-state index contributed by atoms with van der Waals surface area (Å²) in [7, 11) is 0. The van der Waals surface area contributed by atoms with Gasteiger partial charge in [-0.15, -0.1) is 0 Å². The normalized spacial score (nSPS) is 12.2. The van der Waals surface area contributed by atoms with Crippen molar-refractivity contribution >= 4 is 21.6 Å². The highest BCUT2D eigenvalue weighted by molar-refractivity contribution is 9.09. The number of rotatable bonds is 5. The van der Waals surface area contributed by atoms with Crippen LogP contribution in [0.1, 0.15) is 6.92 Å². The molecule has 0 spiro atoms. The number of nitro groups is 1. The highest BCUT2D eigenvalue weighted by Gasteiger charge is 2.16. The number of nitrogens with zero attached hydrogens (tertiary/aromatic N) is 1. The van der Waals surface area contributed by atoms with Crippen LogP contribution < -0.4 is 4.74 Å². The van der Waals surface area contributed by atoms with Gasteiger partial charge in [-0.2, -0.15) is 0 Å². The second kappa shape index (κ2) is 5.79. The molecule has 0 fully saturated rings. The quantitative estimate of drug-likeness (QED) is 0.476. The Morgan fingerprint density at radius 1 is 1.62 bits per heavy atom. The standard InChI is InChI=1S/C10H11BrFNO3/c1-7(5-11)6-16-10-4-8(12)2-3-9(10)13(14)15/h2-4,7H,5-6H2,1H3. The number of nitro benzene ring substituents is 1. The zero-order valence-corrected chi connectivity index (χ0v) is 10.2. The molecule has 1 aromatic carbocycles. The van der Waals surface area contributed by atoms with Crippen molar-refractivity contribution in [1.82, 2.24) is 0 Å². The van der Waals surface area contributed by atoms with Gasteiger partial charge < -0.3 is 4.74 Å². The highest BCUT2D eigenvalue weighted by atomic mass is 79.9. The molecule has 6 heteroatoms. The second-order valence-electron chi connectivity index (χ2n) is 3.44. The molecule has 0 bridgehead atoms. The van der Waals surface area contributed by atoms with Gasteiger partial charge in [-0.05, 0) is 12.0 Å². The Labute approximate surface area is 101 Å². The minimum absolute atomic E-state index is 0.0298. The van der Waals surface area contributed by atoms with Crippen LogP contribution in [0.4, 0.5) is 10.1 Å². The summed E-state index contributed by atoms with van der Waals surface area (Å²) in [6, 6.07) is 3.17. The minimum atomic E-state index is -0.590. The van der Waals surface area contributed by atoms with Crippen LogP contribution in [0.3, 0.4) is 0 Å². The summed E-state index contributed by atoms with van der Waals surface area (Å²) >= 11 is 3.26. The van der Waals surface area contributed by atoms with Crippen molar-refractivity contribution in [3.8, 4) is 5.75 Å². The largest absolute Gasteiger partial charge is 0.486 e. The number of hydrogen-bond acceptors (Lipinski definition) is 3. The van der Waals surface area contributed by atoms with E-state index in [0.29, 0.717) is 6.61 Å². The molecule has 0 saturated carbocycles. The van der Waals surface area contributed by atoms with E-state index in [4.69, 9.17) is 4.74 Å². The maximum absolute atomic E-state index is 12.9. The lowest BCUT2D eigenvalue weighted by atomic mass is 10.2. The Morgan fingerprint density at radius 3 is 2.88 bits per heavy atom. The van der Waals surface area contributed by atoms with Gasteiger partial charge in [0.15, 0.2) is 5.75 Å². The van der Waals surface area contributed by atoms with Gasteiger partial charge in [0.1, 0.15) is 5.82 Å². The van der Waals surface area contributed by atoms with Crippen LogP contribution >= 0.6 is 15.9 Å². The molecule has 0 radical (unpaired) electrons. The average Bonchev–Trinajstić information content (AvgIpc) is 2.25. The van der Waals surface area contributed by atoms with Crippen molar-refractivity contribution < 1.29 is 14.1 Å². The molecule has 0 amide bonds. The van der Waals surface area contributed by atoms with Gasteiger partial charge in [0, 0.05) is 17.5 Å². The lowest BCUT2D eigenvalue weighted by molar-refractivity contribution is -0.386. The van der Waals surface area contributed by atoms with E-state index in [1.54, 1.807) is 0 Å². The number of alkyl halides is 1. The molecule has 0 aliphatic carbocycles. The number of halogens is 2. The van der Waals surface area contributed by atoms with Crippen molar-refractivity contribution in [3.05, 3.63) is 34.1 Å². The zero-order valence-electron chi connectivity index (χ0n) is 8.65. The third kappa shape index (κ3) is 3.44. The first-order valence-electron chi connectivity index (χ1n) is 4.67. The fourth-order valence-electron chi connectivity index (χ4n) is 1.03. The van der Waals surface area contributed by atoms with E-state index >= 15 is 0 Å². The molecule has 4 nitrogen and oxygen atoms in total. The van der Waals surface area contributed by atoms with Crippen LogP contribution in [0.2, 0.25) is 0 Å². The molecule has 88 valence electrons. The SMILES string of the molecule is CC(CBr)COc1cc(F)ccc1[N+](=O)[O-]. The number of ether oxygens (including phenoxy) is 1. The van der Waals surface area contributed by atoms with Crippen molar-refractivity contribution in [2.45, 2.75) is 6.92 Å². The topological polar surface area (TPSA) is 52.4 Å². The summed E-state index contributed by atoms with van der Waals surface area (Å²) in [5.41, 5.74) is -0.219. The molecule has 0 saturated heterocycles. The Kier molecular flexibility index (Phi) is 4.67. The molecule has 0 aliphatic rings. The van der Waals surface area contributed by atoms with E-state index < -0.39 is 10.7 Å². The zero-order chi connectivity index (χ0) is 12.1. The van der Waals surface area contributed by atoms with Gasteiger partial charge in [0.05, 0.1) is 11.5 Å². The maximum atomic E-state index is 12.9. The Morgan fingerprint density at radius 2 is 2.31 bits per heavy atom. The Bertz CT molecular complexity index is 386. The van der Waals surface area contributed by atoms with Crippen molar-refractivity contribution in [1.29, 1.82) is 0 Å². The molecule has 1 unspecified atom stereocenters. The summed E-state index contributed by atoms with van der Waals surface area (Å²) in [5.74, 6) is -0.382. The minimum Gasteiger partial charge on any atom is -0.486 e. The van der Waals surface area contributed by atoms with Crippen LogP contribution in [-0.4, -0.2) is 16.9 Å². The third-order valence-electron chi connectivity index (χ3n) is 1.91. The summed E-state index contributed by atoms with van der Waals surface area (Å²) < 4.78 is 18.1. The predicted molar refractivity (Wildman–Crippen MR) is 61.5 cm³/mol. The fourth-order valence-corrected chi connectivity index (χ4v) is 1.22. The first-order chi connectivity index (χ1) is 7.54. The van der Waals surface area contributed by atoms with E-state index in [2.05, 4.69) is 15.9 Å². The van der Waals surface area contributed by atoms with Crippen LogP contribution in [-0.2, 0) is 0 Å². The van der Waals surface area contributed by atoms with Gasteiger partial charge >= 0.3 is 5.69 Å². The second-order valence-corrected chi connectivity index (χ2v) is 4.09. The average molecular weight is 292 g/mol. The van der Waals surface area contributed by atoms with Gasteiger partial charge in [-0.1, -0.05) is 22.9 Å². The molecule has 16 heavy (non-hydrogen) atoms. The summed E-state index contributed by atoms with van der Waals surface area (Å²) in [6.45, 7) is 2.22. The molecule has 1 rings (SSSR count). The Hall–Kier alpha value is -1.17. The summed E-state index contributed by atoms with van der Waals surface area (Å²) in [6.07, 6.45) is 0. The van der Waals surface area contributed by atoms with Gasteiger partial charge in [0.25, 0.3) is 0 Å².